The number of para-hydroxylation sites is 1. The van der Waals surface area contributed by atoms with Crippen molar-refractivity contribution >= 4 is 17.6 Å². The molecule has 0 aliphatic carbocycles. The largest absolute Gasteiger partial charge is 0.491 e. The van der Waals surface area contributed by atoms with Gasteiger partial charge in [-0.2, -0.15) is 5.10 Å². The van der Waals surface area contributed by atoms with E-state index in [1.54, 1.807) is 28.9 Å². The van der Waals surface area contributed by atoms with Crippen LogP contribution in [0.5, 0.6) is 5.75 Å². The number of nitrogens with zero attached hydrogens (tertiary/aromatic N) is 5. The van der Waals surface area contributed by atoms with E-state index in [2.05, 4.69) is 10.1 Å². The van der Waals surface area contributed by atoms with Crippen molar-refractivity contribution in [1.82, 2.24) is 24.3 Å². The van der Waals surface area contributed by atoms with Crippen molar-refractivity contribution in [1.29, 1.82) is 0 Å². The molecule has 0 N–H and O–H groups in total. The molecule has 0 atom stereocenters. The van der Waals surface area contributed by atoms with E-state index in [9.17, 15) is 4.79 Å². The van der Waals surface area contributed by atoms with Crippen LogP contribution < -0.4 is 4.74 Å². The van der Waals surface area contributed by atoms with Gasteiger partial charge in [0, 0.05) is 6.20 Å². The maximum atomic E-state index is 12.0. The minimum Gasteiger partial charge on any atom is -0.491 e. The number of carbonyl (C=O) groups is 1. The van der Waals surface area contributed by atoms with E-state index >= 15 is 0 Å². The first-order chi connectivity index (χ1) is 14.7. The third-order valence-corrected chi connectivity index (χ3v) is 5.18. The molecular formula is C21H16ClN5O3. The quantitative estimate of drug-likeness (QED) is 0.470. The van der Waals surface area contributed by atoms with E-state index in [1.807, 2.05) is 29.0 Å². The molecule has 0 fully saturated rings. The lowest BCUT2D eigenvalue weighted by Crippen LogP contribution is -2.04. The summed E-state index contributed by atoms with van der Waals surface area (Å²) in [5, 5.41) is 4.89. The molecule has 9 heteroatoms. The Bertz CT molecular complexity index is 1260. The van der Waals surface area contributed by atoms with Gasteiger partial charge >= 0.3 is 5.97 Å². The van der Waals surface area contributed by atoms with Gasteiger partial charge in [0.15, 0.2) is 5.82 Å². The van der Waals surface area contributed by atoms with Gasteiger partial charge in [-0.3, -0.25) is 0 Å². The van der Waals surface area contributed by atoms with Gasteiger partial charge < -0.3 is 14.0 Å². The molecule has 150 valence electrons. The predicted octanol–water partition coefficient (Wildman–Crippen LogP) is 3.63. The minimum atomic E-state index is -0.418. The van der Waals surface area contributed by atoms with Crippen LogP contribution in [0.4, 0.5) is 0 Å². The normalized spacial score (nSPS) is 12.5. The summed E-state index contributed by atoms with van der Waals surface area (Å²) in [6.07, 6.45) is 3.37. The maximum absolute atomic E-state index is 12.0. The van der Waals surface area contributed by atoms with Crippen LogP contribution in [0.25, 0.3) is 28.6 Å². The summed E-state index contributed by atoms with van der Waals surface area (Å²) >= 11 is 6.35. The SMILES string of the molecule is COC(=O)c1ccc2c(c1)-c1nc(-c3ncnn3-c3ccccc3Cl)cn1CCO2. The Kier molecular flexibility index (Phi) is 4.48. The summed E-state index contributed by atoms with van der Waals surface area (Å²) in [7, 11) is 1.35. The molecule has 4 aromatic rings. The second kappa shape index (κ2) is 7.31. The lowest BCUT2D eigenvalue weighted by molar-refractivity contribution is 0.0600. The Balaban J connectivity index is 1.64. The lowest BCUT2D eigenvalue weighted by Gasteiger charge is -2.08. The molecule has 8 nitrogen and oxygen atoms in total. The number of hydrogen-bond acceptors (Lipinski definition) is 6. The fourth-order valence-corrected chi connectivity index (χ4v) is 3.67. The number of carbonyl (C=O) groups excluding carboxylic acids is 1. The molecule has 1 aliphatic heterocycles. The van der Waals surface area contributed by atoms with Gasteiger partial charge in [0.1, 0.15) is 30.2 Å². The Labute approximate surface area is 176 Å². The smallest absolute Gasteiger partial charge is 0.337 e. The van der Waals surface area contributed by atoms with Gasteiger partial charge in [0.25, 0.3) is 0 Å². The fourth-order valence-electron chi connectivity index (χ4n) is 3.45. The van der Waals surface area contributed by atoms with Crippen molar-refractivity contribution in [2.75, 3.05) is 13.7 Å². The molecule has 2 aromatic heterocycles. The van der Waals surface area contributed by atoms with Crippen LogP contribution in [0.3, 0.4) is 0 Å². The zero-order valence-corrected chi connectivity index (χ0v) is 16.7. The summed E-state index contributed by atoms with van der Waals surface area (Å²) < 4.78 is 14.3. The van der Waals surface area contributed by atoms with E-state index in [0.717, 1.165) is 0 Å². The molecule has 0 bridgehead atoms. The molecule has 30 heavy (non-hydrogen) atoms. The fraction of sp³-hybridized carbons (Fsp3) is 0.143. The highest BCUT2D eigenvalue weighted by molar-refractivity contribution is 6.32. The van der Waals surface area contributed by atoms with Crippen LogP contribution in [-0.2, 0) is 11.3 Å². The van der Waals surface area contributed by atoms with Crippen molar-refractivity contribution < 1.29 is 14.3 Å². The molecular weight excluding hydrogens is 406 g/mol. The zero-order valence-electron chi connectivity index (χ0n) is 15.9. The van der Waals surface area contributed by atoms with Gasteiger partial charge in [-0.05, 0) is 30.3 Å². The van der Waals surface area contributed by atoms with Gasteiger partial charge in [-0.15, -0.1) is 0 Å². The summed E-state index contributed by atoms with van der Waals surface area (Å²) in [4.78, 5) is 21.2. The number of rotatable bonds is 3. The van der Waals surface area contributed by atoms with E-state index < -0.39 is 5.97 Å². The van der Waals surface area contributed by atoms with Crippen LogP contribution in [0.15, 0.2) is 55.0 Å². The average molecular weight is 422 g/mol. The Morgan fingerprint density at radius 1 is 1.20 bits per heavy atom. The van der Waals surface area contributed by atoms with E-state index in [1.165, 1.54) is 13.4 Å². The topological polar surface area (TPSA) is 84.1 Å². The third-order valence-electron chi connectivity index (χ3n) is 4.87. The van der Waals surface area contributed by atoms with E-state index in [-0.39, 0.29) is 0 Å². The first-order valence-electron chi connectivity index (χ1n) is 9.23. The van der Waals surface area contributed by atoms with Gasteiger partial charge in [0.2, 0.25) is 0 Å². The molecule has 5 rings (SSSR count). The Morgan fingerprint density at radius 2 is 2.07 bits per heavy atom. The summed E-state index contributed by atoms with van der Waals surface area (Å²) in [5.41, 5.74) is 2.49. The number of esters is 1. The van der Waals surface area contributed by atoms with Gasteiger partial charge in [-0.1, -0.05) is 23.7 Å². The molecule has 3 heterocycles. The van der Waals surface area contributed by atoms with Crippen molar-refractivity contribution in [2.45, 2.75) is 6.54 Å². The zero-order chi connectivity index (χ0) is 20.7. The minimum absolute atomic E-state index is 0.418. The number of imidazole rings is 1. The number of methoxy groups -OCH3 is 1. The van der Waals surface area contributed by atoms with Crippen LogP contribution in [0.1, 0.15) is 10.4 Å². The first-order valence-corrected chi connectivity index (χ1v) is 9.61. The standard InChI is InChI=1S/C21H16ClN5O3/c1-29-21(28)13-6-7-18-14(10-13)19-25-16(11-26(19)8-9-30-18)20-23-12-24-27(20)17-5-3-2-4-15(17)22/h2-7,10-12H,8-9H2,1H3. The predicted molar refractivity (Wildman–Crippen MR) is 110 cm³/mol. The number of aromatic nitrogens is 5. The third kappa shape index (κ3) is 3.02. The van der Waals surface area contributed by atoms with Crippen LogP contribution >= 0.6 is 11.6 Å². The summed E-state index contributed by atoms with van der Waals surface area (Å²) in [6.45, 7) is 1.08. The lowest BCUT2D eigenvalue weighted by atomic mass is 10.1. The molecule has 2 aromatic carbocycles. The molecule has 0 spiro atoms. The first kappa shape index (κ1) is 18.4. The van der Waals surface area contributed by atoms with Gasteiger partial charge in [-0.25, -0.2) is 19.4 Å². The summed E-state index contributed by atoms with van der Waals surface area (Å²) in [5.74, 6) is 1.48. The van der Waals surface area contributed by atoms with E-state index in [0.29, 0.717) is 58.1 Å². The molecule has 0 amide bonds. The van der Waals surface area contributed by atoms with Crippen LogP contribution in [0, 0.1) is 0 Å². The second-order valence-electron chi connectivity index (χ2n) is 6.64. The van der Waals surface area contributed by atoms with Crippen molar-refractivity contribution in [3.8, 4) is 34.3 Å². The van der Waals surface area contributed by atoms with Crippen LogP contribution in [-0.4, -0.2) is 44.0 Å². The van der Waals surface area contributed by atoms with Crippen molar-refractivity contribution in [2.24, 2.45) is 0 Å². The number of ether oxygens (including phenoxy) is 2. The highest BCUT2D eigenvalue weighted by atomic mass is 35.5. The monoisotopic (exact) mass is 421 g/mol. The molecule has 1 aliphatic rings. The Morgan fingerprint density at radius 3 is 2.90 bits per heavy atom. The van der Waals surface area contributed by atoms with Crippen molar-refractivity contribution in [3.05, 3.63) is 65.6 Å². The van der Waals surface area contributed by atoms with Crippen LogP contribution in [0.2, 0.25) is 5.02 Å². The highest BCUT2D eigenvalue weighted by Crippen LogP contribution is 2.35. The Hall–Kier alpha value is -3.65. The van der Waals surface area contributed by atoms with Crippen molar-refractivity contribution in [3.63, 3.8) is 0 Å². The highest BCUT2D eigenvalue weighted by Gasteiger charge is 2.23. The van der Waals surface area contributed by atoms with Gasteiger partial charge in [0.05, 0.1) is 35.5 Å². The molecule has 0 radical (unpaired) electrons. The number of hydrogen-bond donors (Lipinski definition) is 0. The number of fused-ring (bicyclic) bond motifs is 3. The number of halogens is 1. The molecule has 0 saturated heterocycles. The maximum Gasteiger partial charge on any atom is 0.337 e. The number of benzene rings is 2. The van der Waals surface area contributed by atoms with E-state index in [4.69, 9.17) is 26.1 Å². The average Bonchev–Trinajstić information content (AvgIpc) is 3.37. The molecule has 0 saturated carbocycles. The molecule has 0 unspecified atom stereocenters. The second-order valence-corrected chi connectivity index (χ2v) is 7.05. The summed E-state index contributed by atoms with van der Waals surface area (Å²) in [6, 6.07) is 12.6.